The molecule has 2 aromatic carbocycles. The van der Waals surface area contributed by atoms with E-state index >= 15 is 0 Å². The molecule has 0 spiro atoms. The molecule has 1 aromatic heterocycles. The number of hydrogen-bond acceptors (Lipinski definition) is 4. The minimum Gasteiger partial charge on any atom is -0.299 e. The molecular formula is C22H26N2O3S2. The first-order valence-corrected chi connectivity index (χ1v) is 12.5. The lowest BCUT2D eigenvalue weighted by Crippen LogP contribution is -2.27. The fraction of sp³-hybridized carbons (Fsp3) is 0.409. The Kier molecular flexibility index (Phi) is 5.64. The largest absolute Gasteiger partial charge is 0.308 e. The summed E-state index contributed by atoms with van der Waals surface area (Å²) in [5.41, 5.74) is 4.49. The third-order valence-corrected chi connectivity index (χ3v) is 8.08. The Hall–Kier alpha value is -1.96. The number of nitrogens with one attached hydrogen (secondary N) is 1. The van der Waals surface area contributed by atoms with Gasteiger partial charge in [0, 0.05) is 12.6 Å². The van der Waals surface area contributed by atoms with Gasteiger partial charge in [0.2, 0.25) is 10.0 Å². The maximum absolute atomic E-state index is 13.0. The molecule has 0 saturated heterocycles. The molecule has 3 aromatic rings. The summed E-state index contributed by atoms with van der Waals surface area (Å²) in [6.07, 6.45) is 5.44. The highest BCUT2D eigenvalue weighted by molar-refractivity contribution is 7.89. The normalized spacial score (nSPS) is 15.4. The van der Waals surface area contributed by atoms with E-state index < -0.39 is 10.0 Å². The molecular weight excluding hydrogens is 404 g/mol. The summed E-state index contributed by atoms with van der Waals surface area (Å²) >= 11 is 1.09. The zero-order valence-corrected chi connectivity index (χ0v) is 18.4. The van der Waals surface area contributed by atoms with Crippen LogP contribution in [0.25, 0.3) is 10.2 Å². The summed E-state index contributed by atoms with van der Waals surface area (Å²) in [7, 11) is -3.69. The van der Waals surface area contributed by atoms with E-state index in [0.717, 1.165) is 41.7 Å². The Morgan fingerprint density at radius 3 is 2.62 bits per heavy atom. The molecule has 0 amide bonds. The van der Waals surface area contributed by atoms with Crippen LogP contribution in [0, 0.1) is 0 Å². The Balaban J connectivity index is 1.60. The predicted molar refractivity (Wildman–Crippen MR) is 118 cm³/mol. The van der Waals surface area contributed by atoms with Gasteiger partial charge in [-0.3, -0.25) is 9.36 Å². The molecule has 4 rings (SSSR count). The molecule has 7 heteroatoms. The van der Waals surface area contributed by atoms with E-state index in [1.165, 1.54) is 24.0 Å². The second-order valence-electron chi connectivity index (χ2n) is 7.73. The van der Waals surface area contributed by atoms with Gasteiger partial charge in [-0.25, -0.2) is 13.1 Å². The molecule has 0 aliphatic heterocycles. The van der Waals surface area contributed by atoms with E-state index in [1.807, 2.05) is 19.9 Å². The van der Waals surface area contributed by atoms with Crippen molar-refractivity contribution in [3.63, 3.8) is 0 Å². The van der Waals surface area contributed by atoms with Crippen molar-refractivity contribution in [2.75, 3.05) is 0 Å². The van der Waals surface area contributed by atoms with Crippen molar-refractivity contribution in [3.05, 3.63) is 62.8 Å². The number of benzene rings is 2. The van der Waals surface area contributed by atoms with Crippen LogP contribution in [-0.4, -0.2) is 13.0 Å². The van der Waals surface area contributed by atoms with Gasteiger partial charge in [-0.1, -0.05) is 36.5 Å². The SMILES string of the molecule is CCCn1c(=O)sc2cc(S(=O)(=O)N[C@@H](C)c3ccc4c(c3)CCCC4)ccc21. The zero-order valence-electron chi connectivity index (χ0n) is 16.8. The first-order chi connectivity index (χ1) is 13.9. The number of aromatic nitrogens is 1. The highest BCUT2D eigenvalue weighted by atomic mass is 32.2. The molecule has 1 N–H and O–H groups in total. The second-order valence-corrected chi connectivity index (χ2v) is 10.4. The fourth-order valence-corrected chi connectivity index (χ4v) is 6.33. The van der Waals surface area contributed by atoms with Crippen molar-refractivity contribution in [1.82, 2.24) is 9.29 Å². The van der Waals surface area contributed by atoms with Gasteiger partial charge in [-0.15, -0.1) is 0 Å². The first-order valence-electron chi connectivity index (χ1n) is 10.2. The number of nitrogens with zero attached hydrogens (tertiary/aromatic N) is 1. The van der Waals surface area contributed by atoms with Gasteiger partial charge in [-0.05, 0) is 73.9 Å². The molecule has 0 radical (unpaired) electrons. The number of rotatable bonds is 6. The molecule has 5 nitrogen and oxygen atoms in total. The summed E-state index contributed by atoms with van der Waals surface area (Å²) in [4.78, 5) is 12.3. The summed E-state index contributed by atoms with van der Waals surface area (Å²) in [5.74, 6) is 0. The molecule has 0 bridgehead atoms. The van der Waals surface area contributed by atoms with E-state index in [2.05, 4.69) is 16.9 Å². The standard InChI is InChI=1S/C22H26N2O3S2/c1-3-12-24-20-11-10-19(14-21(20)28-22(24)25)29(26,27)23-15(2)17-9-8-16-6-4-5-7-18(16)13-17/h8-11,13-15,23H,3-7,12H2,1-2H3/t15-/m0/s1. The van der Waals surface area contributed by atoms with Crippen molar-refractivity contribution >= 4 is 31.6 Å². The van der Waals surface area contributed by atoms with Gasteiger partial charge in [0.15, 0.2) is 0 Å². The van der Waals surface area contributed by atoms with Crippen LogP contribution in [-0.2, 0) is 29.4 Å². The highest BCUT2D eigenvalue weighted by Crippen LogP contribution is 2.27. The number of aryl methyl sites for hydroxylation is 3. The molecule has 0 fully saturated rings. The van der Waals surface area contributed by atoms with Crippen molar-refractivity contribution in [3.8, 4) is 0 Å². The van der Waals surface area contributed by atoms with Crippen LogP contribution in [0.1, 0.15) is 55.8 Å². The molecule has 1 aliphatic rings. The molecule has 0 saturated carbocycles. The van der Waals surface area contributed by atoms with Crippen molar-refractivity contribution in [2.45, 2.75) is 63.4 Å². The molecule has 1 atom stereocenters. The fourth-order valence-electron chi connectivity index (χ4n) is 4.04. The summed E-state index contributed by atoms with van der Waals surface area (Å²) in [6, 6.07) is 10.9. The quantitative estimate of drug-likeness (QED) is 0.631. The van der Waals surface area contributed by atoms with Gasteiger partial charge in [0.1, 0.15) is 0 Å². The third kappa shape index (κ3) is 4.04. The summed E-state index contributed by atoms with van der Waals surface area (Å²) in [5, 5.41) is 0. The van der Waals surface area contributed by atoms with Crippen LogP contribution in [0.5, 0.6) is 0 Å². The van der Waals surface area contributed by atoms with Gasteiger partial charge >= 0.3 is 4.87 Å². The van der Waals surface area contributed by atoms with E-state index in [0.29, 0.717) is 11.2 Å². The average Bonchev–Trinajstić information content (AvgIpc) is 3.02. The van der Waals surface area contributed by atoms with Crippen molar-refractivity contribution in [2.24, 2.45) is 0 Å². The van der Waals surface area contributed by atoms with Gasteiger partial charge in [-0.2, -0.15) is 0 Å². The molecule has 1 heterocycles. The molecule has 29 heavy (non-hydrogen) atoms. The third-order valence-electron chi connectivity index (χ3n) is 5.60. The Bertz CT molecular complexity index is 1210. The van der Waals surface area contributed by atoms with E-state index in [1.54, 1.807) is 22.8 Å². The Morgan fingerprint density at radius 1 is 1.10 bits per heavy atom. The Morgan fingerprint density at radius 2 is 1.86 bits per heavy atom. The topological polar surface area (TPSA) is 68.2 Å². The predicted octanol–water partition coefficient (Wildman–Crippen LogP) is 4.39. The van der Waals surface area contributed by atoms with Crippen molar-refractivity contribution < 1.29 is 8.42 Å². The minimum absolute atomic E-state index is 0.0493. The Labute approximate surface area is 175 Å². The lowest BCUT2D eigenvalue weighted by atomic mass is 9.89. The number of fused-ring (bicyclic) bond motifs is 2. The van der Waals surface area contributed by atoms with Gasteiger partial charge < -0.3 is 0 Å². The van der Waals surface area contributed by atoms with E-state index in [4.69, 9.17) is 0 Å². The number of hydrogen-bond donors (Lipinski definition) is 1. The zero-order chi connectivity index (χ0) is 20.6. The lowest BCUT2D eigenvalue weighted by molar-refractivity contribution is 0.566. The van der Waals surface area contributed by atoms with Gasteiger partial charge in [0.05, 0.1) is 15.1 Å². The van der Waals surface area contributed by atoms with Crippen LogP contribution in [0.2, 0.25) is 0 Å². The second kappa shape index (κ2) is 8.05. The van der Waals surface area contributed by atoms with Crippen LogP contribution in [0.3, 0.4) is 0 Å². The van der Waals surface area contributed by atoms with E-state index in [-0.39, 0.29) is 15.8 Å². The van der Waals surface area contributed by atoms with Crippen LogP contribution in [0.15, 0.2) is 46.1 Å². The molecule has 0 unspecified atom stereocenters. The first kappa shape index (κ1) is 20.3. The summed E-state index contributed by atoms with van der Waals surface area (Å²) in [6.45, 7) is 4.52. The smallest absolute Gasteiger partial charge is 0.299 e. The molecule has 1 aliphatic carbocycles. The number of sulfonamides is 1. The maximum Gasteiger partial charge on any atom is 0.308 e. The summed E-state index contributed by atoms with van der Waals surface area (Å²) < 4.78 is 31.2. The average molecular weight is 431 g/mol. The van der Waals surface area contributed by atoms with Gasteiger partial charge in [0.25, 0.3) is 0 Å². The van der Waals surface area contributed by atoms with Crippen LogP contribution >= 0.6 is 11.3 Å². The monoisotopic (exact) mass is 430 g/mol. The minimum atomic E-state index is -3.69. The van der Waals surface area contributed by atoms with Crippen molar-refractivity contribution in [1.29, 1.82) is 0 Å². The van der Waals surface area contributed by atoms with Crippen LogP contribution in [0.4, 0.5) is 0 Å². The van der Waals surface area contributed by atoms with Crippen LogP contribution < -0.4 is 9.60 Å². The number of thiazole rings is 1. The highest BCUT2D eigenvalue weighted by Gasteiger charge is 2.21. The lowest BCUT2D eigenvalue weighted by Gasteiger charge is -2.20. The van der Waals surface area contributed by atoms with E-state index in [9.17, 15) is 13.2 Å². The maximum atomic E-state index is 13.0. The molecule has 154 valence electrons.